The van der Waals surface area contributed by atoms with Crippen LogP contribution in [0.3, 0.4) is 0 Å². The topological polar surface area (TPSA) is 86.6 Å². The number of aliphatic hydroxyl groups is 2. The number of hydrogen-bond acceptors (Lipinski definition) is 7. The molecule has 0 fully saturated rings. The first-order chi connectivity index (χ1) is 17.1. The first kappa shape index (κ1) is 30.6. The van der Waals surface area contributed by atoms with Crippen LogP contribution in [0.25, 0.3) is 0 Å². The van der Waals surface area contributed by atoms with Gasteiger partial charge in [-0.1, -0.05) is 81.4 Å². The van der Waals surface area contributed by atoms with Gasteiger partial charge in [0.1, 0.15) is 31.2 Å². The minimum absolute atomic E-state index is 0.00516. The molecule has 0 unspecified atom stereocenters. The van der Waals surface area contributed by atoms with Crippen molar-refractivity contribution >= 4 is 8.32 Å². The summed E-state index contributed by atoms with van der Waals surface area (Å²) in [7, 11) is -0.629. The largest absolute Gasteiger partial charge is 0.414 e. The van der Waals surface area contributed by atoms with E-state index < -0.39 is 39.3 Å². The molecule has 0 saturated heterocycles. The maximum atomic E-state index is 11.3. The Morgan fingerprint density at radius 3 is 1.81 bits per heavy atom. The Hall–Kier alpha value is -1.62. The highest BCUT2D eigenvalue weighted by molar-refractivity contribution is 6.74. The second-order valence-corrected chi connectivity index (χ2v) is 15.3. The van der Waals surface area contributed by atoms with Crippen molar-refractivity contribution in [1.82, 2.24) is 0 Å². The molecule has 202 valence electrons. The van der Waals surface area contributed by atoms with E-state index in [0.29, 0.717) is 6.61 Å². The van der Waals surface area contributed by atoms with Crippen molar-refractivity contribution in [1.29, 1.82) is 0 Å². The molecule has 0 aromatic heterocycles. The van der Waals surface area contributed by atoms with Crippen molar-refractivity contribution in [2.75, 3.05) is 27.1 Å². The molecule has 0 aliphatic rings. The summed E-state index contributed by atoms with van der Waals surface area (Å²) in [6.45, 7) is 11.2. The average molecular weight is 521 g/mol. The molecule has 0 heterocycles. The average Bonchev–Trinajstić information content (AvgIpc) is 2.86. The summed E-state index contributed by atoms with van der Waals surface area (Å²) >= 11 is 0. The third-order valence-electron chi connectivity index (χ3n) is 6.67. The summed E-state index contributed by atoms with van der Waals surface area (Å²) < 4.78 is 29.7. The Labute approximate surface area is 217 Å². The van der Waals surface area contributed by atoms with Gasteiger partial charge in [-0.2, -0.15) is 0 Å². The summed E-state index contributed by atoms with van der Waals surface area (Å²) in [5.41, 5.74) is 1.96. The molecule has 0 saturated carbocycles. The number of methoxy groups -OCH3 is 1. The smallest absolute Gasteiger partial charge is 0.192 e. The standard InChI is InChI=1S/C28H44O7Si/c1-28(2,3)36(5,6)35-20-25(32-18-22-13-9-7-10-14-22)27(26(30)24(17-29)34-21-31-4)33-19-23-15-11-8-12-16-23/h7-16,24-27,29-30H,17-21H2,1-6H3/t24-,25+,26+,27+/m0/s1. The SMILES string of the molecule is COCO[C@@H](CO)[C@@H](O)[C@H](OCc1ccccc1)[C@@H](CO[Si](C)(C)C(C)(C)C)OCc1ccccc1. The molecule has 7 nitrogen and oxygen atoms in total. The highest BCUT2D eigenvalue weighted by Gasteiger charge is 2.41. The minimum atomic E-state index is -2.12. The fourth-order valence-electron chi connectivity index (χ4n) is 3.34. The van der Waals surface area contributed by atoms with E-state index in [4.69, 9.17) is 23.4 Å². The lowest BCUT2D eigenvalue weighted by atomic mass is 10.0. The summed E-state index contributed by atoms with van der Waals surface area (Å²) in [6.07, 6.45) is -3.54. The van der Waals surface area contributed by atoms with Gasteiger partial charge in [-0.05, 0) is 29.3 Å². The van der Waals surface area contributed by atoms with Crippen LogP contribution in [-0.4, -0.2) is 70.1 Å². The second-order valence-electron chi connectivity index (χ2n) is 10.5. The number of aliphatic hydroxyl groups excluding tert-OH is 2. The number of rotatable bonds is 16. The predicted molar refractivity (Wildman–Crippen MR) is 143 cm³/mol. The molecule has 0 amide bonds. The lowest BCUT2D eigenvalue weighted by Gasteiger charge is -2.39. The Balaban J connectivity index is 2.32. The Kier molecular flexibility index (Phi) is 12.7. The fourth-order valence-corrected chi connectivity index (χ4v) is 4.36. The summed E-state index contributed by atoms with van der Waals surface area (Å²) in [6, 6.07) is 19.6. The zero-order valence-corrected chi connectivity index (χ0v) is 23.6. The maximum absolute atomic E-state index is 11.3. The van der Waals surface area contributed by atoms with Crippen molar-refractivity contribution in [2.24, 2.45) is 0 Å². The molecule has 2 rings (SSSR count). The maximum Gasteiger partial charge on any atom is 0.192 e. The molecule has 0 aliphatic carbocycles. The number of benzene rings is 2. The van der Waals surface area contributed by atoms with Gasteiger partial charge >= 0.3 is 0 Å². The van der Waals surface area contributed by atoms with Crippen LogP contribution >= 0.6 is 0 Å². The normalized spacial score (nSPS) is 15.9. The molecule has 0 spiro atoms. The number of ether oxygens (including phenoxy) is 4. The molecule has 36 heavy (non-hydrogen) atoms. The predicted octanol–water partition coefficient (Wildman–Crippen LogP) is 4.52. The van der Waals surface area contributed by atoms with Gasteiger partial charge in [-0.15, -0.1) is 0 Å². The molecule has 0 bridgehead atoms. The van der Waals surface area contributed by atoms with Crippen LogP contribution < -0.4 is 0 Å². The van der Waals surface area contributed by atoms with Crippen LogP contribution in [0.5, 0.6) is 0 Å². The number of hydrogen-bond donors (Lipinski definition) is 2. The molecule has 0 radical (unpaired) electrons. The Morgan fingerprint density at radius 1 is 0.806 bits per heavy atom. The summed E-state index contributed by atoms with van der Waals surface area (Å²) in [5, 5.41) is 21.3. The Bertz CT molecular complexity index is 842. The second kappa shape index (κ2) is 14.9. The van der Waals surface area contributed by atoms with Crippen molar-refractivity contribution in [3.63, 3.8) is 0 Å². The lowest BCUT2D eigenvalue weighted by Crippen LogP contribution is -2.52. The zero-order valence-electron chi connectivity index (χ0n) is 22.6. The zero-order chi connectivity index (χ0) is 26.6. The van der Waals surface area contributed by atoms with Gasteiger partial charge in [0.25, 0.3) is 0 Å². The quantitative estimate of drug-likeness (QED) is 0.249. The van der Waals surface area contributed by atoms with Crippen molar-refractivity contribution < 1.29 is 33.6 Å². The molecular weight excluding hydrogens is 476 g/mol. The van der Waals surface area contributed by atoms with E-state index in [0.717, 1.165) is 11.1 Å². The van der Waals surface area contributed by atoms with Gasteiger partial charge in [0.2, 0.25) is 0 Å². The van der Waals surface area contributed by atoms with Crippen LogP contribution in [-0.2, 0) is 36.6 Å². The molecule has 8 heteroatoms. The molecule has 4 atom stereocenters. The van der Waals surface area contributed by atoms with Crippen LogP contribution in [0.15, 0.2) is 60.7 Å². The van der Waals surface area contributed by atoms with Gasteiger partial charge in [-0.25, -0.2) is 0 Å². The third kappa shape index (κ3) is 9.68. The third-order valence-corrected chi connectivity index (χ3v) is 11.2. The fraction of sp³-hybridized carbons (Fsp3) is 0.571. The first-order valence-electron chi connectivity index (χ1n) is 12.4. The van der Waals surface area contributed by atoms with E-state index in [1.165, 1.54) is 7.11 Å². The van der Waals surface area contributed by atoms with E-state index in [1.807, 2.05) is 60.7 Å². The van der Waals surface area contributed by atoms with Gasteiger partial charge in [0.05, 0.1) is 26.4 Å². The van der Waals surface area contributed by atoms with Crippen molar-refractivity contribution in [3.05, 3.63) is 71.8 Å². The van der Waals surface area contributed by atoms with E-state index in [9.17, 15) is 10.2 Å². The highest BCUT2D eigenvalue weighted by Crippen LogP contribution is 2.37. The minimum Gasteiger partial charge on any atom is -0.414 e. The molecular formula is C28H44O7Si. The first-order valence-corrected chi connectivity index (χ1v) is 15.3. The molecule has 0 aliphatic heterocycles. The van der Waals surface area contributed by atoms with Crippen molar-refractivity contribution in [2.45, 2.75) is 76.5 Å². The monoisotopic (exact) mass is 520 g/mol. The molecule has 2 aromatic rings. The van der Waals surface area contributed by atoms with Crippen LogP contribution in [0.4, 0.5) is 0 Å². The van der Waals surface area contributed by atoms with E-state index in [2.05, 4.69) is 33.9 Å². The van der Waals surface area contributed by atoms with Gasteiger partial charge in [0.15, 0.2) is 8.32 Å². The van der Waals surface area contributed by atoms with Crippen LogP contribution in [0.1, 0.15) is 31.9 Å². The van der Waals surface area contributed by atoms with Crippen LogP contribution in [0.2, 0.25) is 18.1 Å². The molecule has 2 N–H and O–H groups in total. The van der Waals surface area contributed by atoms with Gasteiger partial charge < -0.3 is 33.6 Å². The summed E-state index contributed by atoms with van der Waals surface area (Å²) in [5.74, 6) is 0. The van der Waals surface area contributed by atoms with Crippen LogP contribution in [0, 0.1) is 0 Å². The Morgan fingerprint density at radius 2 is 1.33 bits per heavy atom. The van der Waals surface area contributed by atoms with E-state index in [1.54, 1.807) is 0 Å². The van der Waals surface area contributed by atoms with E-state index >= 15 is 0 Å². The summed E-state index contributed by atoms with van der Waals surface area (Å²) in [4.78, 5) is 0. The van der Waals surface area contributed by atoms with Gasteiger partial charge in [-0.3, -0.25) is 0 Å². The molecule has 2 aromatic carbocycles. The highest BCUT2D eigenvalue weighted by atomic mass is 28.4. The van der Waals surface area contributed by atoms with Gasteiger partial charge in [0, 0.05) is 7.11 Å². The van der Waals surface area contributed by atoms with E-state index in [-0.39, 0.29) is 25.0 Å². The lowest BCUT2D eigenvalue weighted by molar-refractivity contribution is -0.195. The van der Waals surface area contributed by atoms with Crippen molar-refractivity contribution in [3.8, 4) is 0 Å².